The predicted octanol–water partition coefficient (Wildman–Crippen LogP) is 5.12. The quantitative estimate of drug-likeness (QED) is 0.736. The molecule has 0 saturated carbocycles. The summed E-state index contributed by atoms with van der Waals surface area (Å²) in [5.74, 6) is 1.22. The number of nitrogens with zero attached hydrogens (tertiary/aromatic N) is 3. The summed E-state index contributed by atoms with van der Waals surface area (Å²) in [6.07, 6.45) is 7.80. The van der Waals surface area contributed by atoms with Crippen molar-refractivity contribution in [1.29, 1.82) is 0 Å². The Labute approximate surface area is 163 Å². The van der Waals surface area contributed by atoms with Crippen LogP contribution in [-0.2, 0) is 11.3 Å². The zero-order valence-corrected chi connectivity index (χ0v) is 17.1. The number of imidazole rings is 1. The van der Waals surface area contributed by atoms with E-state index in [0.717, 1.165) is 41.9 Å². The van der Waals surface area contributed by atoms with Gasteiger partial charge in [-0.3, -0.25) is 9.69 Å². The molecule has 1 aliphatic heterocycles. The molecule has 148 valence electrons. The standard InChI is InChI=1S/C22H34N4O/c1-4-5-10-22(27)23-18-11-12-20-19(15-18)24-21(26(20)17(2)3)16-25-13-8-6-7-9-14-25/h11-12,15,17H,4-10,13-14,16H2,1-3H3,(H,23,27). The second kappa shape index (κ2) is 9.36. The van der Waals surface area contributed by atoms with Crippen molar-refractivity contribution in [2.24, 2.45) is 0 Å². The van der Waals surface area contributed by atoms with Crippen LogP contribution < -0.4 is 5.32 Å². The Morgan fingerprint density at radius 3 is 2.59 bits per heavy atom. The summed E-state index contributed by atoms with van der Waals surface area (Å²) < 4.78 is 2.35. The molecule has 2 heterocycles. The molecule has 0 atom stereocenters. The van der Waals surface area contributed by atoms with Crippen LogP contribution in [0.2, 0.25) is 0 Å². The average molecular weight is 371 g/mol. The van der Waals surface area contributed by atoms with E-state index in [1.165, 1.54) is 38.8 Å². The zero-order valence-electron chi connectivity index (χ0n) is 17.1. The first-order valence-corrected chi connectivity index (χ1v) is 10.6. The van der Waals surface area contributed by atoms with Gasteiger partial charge in [-0.2, -0.15) is 0 Å². The molecule has 0 radical (unpaired) electrons. The number of fused-ring (bicyclic) bond motifs is 1. The van der Waals surface area contributed by atoms with Crippen LogP contribution in [0.5, 0.6) is 0 Å². The number of hydrogen-bond acceptors (Lipinski definition) is 3. The summed E-state index contributed by atoms with van der Waals surface area (Å²) in [5.41, 5.74) is 2.97. The van der Waals surface area contributed by atoms with Gasteiger partial charge in [-0.05, 0) is 64.4 Å². The van der Waals surface area contributed by atoms with E-state index in [2.05, 4.69) is 41.6 Å². The van der Waals surface area contributed by atoms with Crippen molar-refractivity contribution < 1.29 is 4.79 Å². The first-order valence-electron chi connectivity index (χ1n) is 10.6. The highest BCUT2D eigenvalue weighted by atomic mass is 16.1. The van der Waals surface area contributed by atoms with E-state index in [0.29, 0.717) is 12.5 Å². The lowest BCUT2D eigenvalue weighted by Gasteiger charge is -2.21. The van der Waals surface area contributed by atoms with E-state index in [1.807, 2.05) is 12.1 Å². The number of rotatable bonds is 7. The lowest BCUT2D eigenvalue weighted by molar-refractivity contribution is -0.116. The number of aromatic nitrogens is 2. The molecule has 1 aliphatic rings. The minimum atomic E-state index is 0.0873. The highest BCUT2D eigenvalue weighted by molar-refractivity contribution is 5.93. The zero-order chi connectivity index (χ0) is 19.2. The van der Waals surface area contributed by atoms with Crippen molar-refractivity contribution in [3.8, 4) is 0 Å². The number of benzene rings is 1. The third-order valence-electron chi connectivity index (χ3n) is 5.38. The molecule has 27 heavy (non-hydrogen) atoms. The molecule has 0 bridgehead atoms. The van der Waals surface area contributed by atoms with Gasteiger partial charge in [-0.1, -0.05) is 26.2 Å². The van der Waals surface area contributed by atoms with Gasteiger partial charge in [0.15, 0.2) is 0 Å². The monoisotopic (exact) mass is 370 g/mol. The largest absolute Gasteiger partial charge is 0.326 e. The van der Waals surface area contributed by atoms with E-state index in [1.54, 1.807) is 0 Å². The first-order chi connectivity index (χ1) is 13.1. The smallest absolute Gasteiger partial charge is 0.224 e. The van der Waals surface area contributed by atoms with Crippen LogP contribution in [0.1, 0.15) is 77.6 Å². The molecule has 2 aromatic rings. The Morgan fingerprint density at radius 2 is 1.93 bits per heavy atom. The van der Waals surface area contributed by atoms with Gasteiger partial charge in [0.25, 0.3) is 0 Å². The summed E-state index contributed by atoms with van der Waals surface area (Å²) in [4.78, 5) is 19.5. The summed E-state index contributed by atoms with van der Waals surface area (Å²) in [6, 6.07) is 6.48. The van der Waals surface area contributed by atoms with Crippen molar-refractivity contribution in [3.63, 3.8) is 0 Å². The number of nitrogens with one attached hydrogen (secondary N) is 1. The molecule has 0 aliphatic carbocycles. The van der Waals surface area contributed by atoms with Gasteiger partial charge in [0, 0.05) is 18.2 Å². The van der Waals surface area contributed by atoms with E-state index >= 15 is 0 Å². The Morgan fingerprint density at radius 1 is 1.19 bits per heavy atom. The van der Waals surface area contributed by atoms with Gasteiger partial charge in [-0.25, -0.2) is 4.98 Å². The fraction of sp³-hybridized carbons (Fsp3) is 0.636. The van der Waals surface area contributed by atoms with Crippen LogP contribution in [0.15, 0.2) is 18.2 Å². The van der Waals surface area contributed by atoms with E-state index in [9.17, 15) is 4.79 Å². The Kier molecular flexibility index (Phi) is 6.89. The molecule has 1 N–H and O–H groups in total. The first kappa shape index (κ1) is 19.9. The van der Waals surface area contributed by atoms with Crippen LogP contribution in [0, 0.1) is 0 Å². The summed E-state index contributed by atoms with van der Waals surface area (Å²) in [7, 11) is 0. The molecule has 5 heteroatoms. The maximum absolute atomic E-state index is 12.0. The lowest BCUT2D eigenvalue weighted by atomic mass is 10.2. The van der Waals surface area contributed by atoms with Crippen molar-refractivity contribution in [2.75, 3.05) is 18.4 Å². The molecule has 1 aromatic heterocycles. The van der Waals surface area contributed by atoms with Crippen molar-refractivity contribution >= 4 is 22.6 Å². The van der Waals surface area contributed by atoms with Crippen molar-refractivity contribution in [3.05, 3.63) is 24.0 Å². The number of carbonyl (C=O) groups excluding carboxylic acids is 1. The molecule has 0 spiro atoms. The molecule has 1 amide bonds. The third kappa shape index (κ3) is 5.10. The number of carbonyl (C=O) groups is 1. The number of hydrogen-bond donors (Lipinski definition) is 1. The molecular weight excluding hydrogens is 336 g/mol. The maximum atomic E-state index is 12.0. The highest BCUT2D eigenvalue weighted by Crippen LogP contribution is 2.25. The van der Waals surface area contributed by atoms with Gasteiger partial charge in [-0.15, -0.1) is 0 Å². The Hall–Kier alpha value is -1.88. The van der Waals surface area contributed by atoms with Crippen LogP contribution in [-0.4, -0.2) is 33.4 Å². The van der Waals surface area contributed by atoms with E-state index in [4.69, 9.17) is 4.98 Å². The van der Waals surface area contributed by atoms with Gasteiger partial charge >= 0.3 is 0 Å². The third-order valence-corrected chi connectivity index (χ3v) is 5.38. The average Bonchev–Trinajstić information content (AvgIpc) is 2.79. The lowest BCUT2D eigenvalue weighted by Crippen LogP contribution is -2.26. The van der Waals surface area contributed by atoms with Gasteiger partial charge < -0.3 is 9.88 Å². The number of anilines is 1. The normalized spacial score (nSPS) is 16.0. The van der Waals surface area contributed by atoms with Crippen LogP contribution >= 0.6 is 0 Å². The van der Waals surface area contributed by atoms with Gasteiger partial charge in [0.1, 0.15) is 5.82 Å². The maximum Gasteiger partial charge on any atom is 0.224 e. The topological polar surface area (TPSA) is 50.2 Å². The molecule has 1 fully saturated rings. The van der Waals surface area contributed by atoms with Gasteiger partial charge in [0.2, 0.25) is 5.91 Å². The summed E-state index contributed by atoms with van der Waals surface area (Å²) in [5, 5.41) is 3.02. The predicted molar refractivity (Wildman–Crippen MR) is 112 cm³/mol. The fourth-order valence-corrected chi connectivity index (χ4v) is 3.97. The minimum Gasteiger partial charge on any atom is -0.326 e. The van der Waals surface area contributed by atoms with Gasteiger partial charge in [0.05, 0.1) is 17.6 Å². The van der Waals surface area contributed by atoms with Crippen LogP contribution in [0.3, 0.4) is 0 Å². The molecule has 1 saturated heterocycles. The van der Waals surface area contributed by atoms with Crippen LogP contribution in [0.4, 0.5) is 5.69 Å². The van der Waals surface area contributed by atoms with Crippen molar-refractivity contribution in [1.82, 2.24) is 14.5 Å². The van der Waals surface area contributed by atoms with Crippen LogP contribution in [0.25, 0.3) is 11.0 Å². The minimum absolute atomic E-state index is 0.0873. The molecule has 0 unspecified atom stereocenters. The van der Waals surface area contributed by atoms with E-state index in [-0.39, 0.29) is 5.91 Å². The second-order valence-corrected chi connectivity index (χ2v) is 8.04. The molecule has 5 nitrogen and oxygen atoms in total. The number of unbranched alkanes of at least 4 members (excludes halogenated alkanes) is 1. The summed E-state index contributed by atoms with van der Waals surface area (Å²) >= 11 is 0. The molecule has 3 rings (SSSR count). The fourth-order valence-electron chi connectivity index (χ4n) is 3.97. The number of likely N-dealkylation sites (tertiary alicyclic amines) is 1. The molecular formula is C22H34N4O. The second-order valence-electron chi connectivity index (χ2n) is 8.04. The number of amides is 1. The van der Waals surface area contributed by atoms with E-state index < -0.39 is 0 Å². The highest BCUT2D eigenvalue weighted by Gasteiger charge is 2.18. The summed E-state index contributed by atoms with van der Waals surface area (Å²) in [6.45, 7) is 9.77. The SMILES string of the molecule is CCCCC(=O)Nc1ccc2c(c1)nc(CN1CCCCCC1)n2C(C)C. The Balaban J connectivity index is 1.82. The van der Waals surface area contributed by atoms with Crippen molar-refractivity contribution in [2.45, 2.75) is 78.3 Å². The molecule has 1 aromatic carbocycles. The Bertz CT molecular complexity index is 757.